The zero-order valence-corrected chi connectivity index (χ0v) is 16.3. The number of anilines is 1. The van der Waals surface area contributed by atoms with Crippen LogP contribution in [0.3, 0.4) is 0 Å². The van der Waals surface area contributed by atoms with Crippen LogP contribution in [0.4, 0.5) is 5.69 Å². The highest BCUT2D eigenvalue weighted by atomic mass is 127. The molecule has 1 aliphatic heterocycles. The molecule has 1 atom stereocenters. The van der Waals surface area contributed by atoms with Gasteiger partial charge in [-0.05, 0) is 52.4 Å². The van der Waals surface area contributed by atoms with E-state index in [1.54, 1.807) is 66.7 Å². The molecule has 0 bridgehead atoms. The smallest absolute Gasteiger partial charge is 0.265 e. The van der Waals surface area contributed by atoms with E-state index in [-0.39, 0.29) is 5.78 Å². The lowest BCUT2D eigenvalue weighted by molar-refractivity contribution is -0.117. The summed E-state index contributed by atoms with van der Waals surface area (Å²) in [4.78, 5) is 40.4. The first kappa shape index (κ1) is 17.6. The van der Waals surface area contributed by atoms with Crippen molar-refractivity contribution in [2.24, 2.45) is 0 Å². The van der Waals surface area contributed by atoms with Gasteiger partial charge in [-0.25, -0.2) is 4.90 Å². The average molecular weight is 467 g/mol. The van der Waals surface area contributed by atoms with Gasteiger partial charge in [-0.3, -0.25) is 14.4 Å². The summed E-state index contributed by atoms with van der Waals surface area (Å²) in [5.74, 6) is -2.24. The van der Waals surface area contributed by atoms with Crippen molar-refractivity contribution >= 4 is 45.9 Å². The summed E-state index contributed by atoms with van der Waals surface area (Å²) >= 11 is 2.13. The number of hydrogen-bond donors (Lipinski definition) is 0. The number of rotatable bonds is 3. The van der Waals surface area contributed by atoms with Gasteiger partial charge in [-0.15, -0.1) is 0 Å². The zero-order valence-electron chi connectivity index (χ0n) is 14.1. The Balaban J connectivity index is 1.81. The van der Waals surface area contributed by atoms with Crippen LogP contribution in [0.1, 0.15) is 32.2 Å². The number of nitrogens with zero attached hydrogens (tertiary/aromatic N) is 1. The highest BCUT2D eigenvalue weighted by Crippen LogP contribution is 2.40. The Morgan fingerprint density at radius 1 is 0.815 bits per heavy atom. The molecule has 1 heterocycles. The molecule has 4 nitrogen and oxygen atoms in total. The molecule has 0 N–H and O–H groups in total. The summed E-state index contributed by atoms with van der Waals surface area (Å²) in [5, 5.41) is 0. The molecule has 3 aromatic rings. The van der Waals surface area contributed by atoms with E-state index in [9.17, 15) is 14.4 Å². The summed E-state index contributed by atoms with van der Waals surface area (Å²) in [7, 11) is 0. The quantitative estimate of drug-likeness (QED) is 0.248. The van der Waals surface area contributed by atoms with Crippen molar-refractivity contribution in [3.05, 3.63) is 99.1 Å². The molecule has 0 aliphatic carbocycles. The van der Waals surface area contributed by atoms with Crippen LogP contribution in [0, 0.1) is 3.57 Å². The van der Waals surface area contributed by atoms with E-state index in [1.807, 2.05) is 12.1 Å². The first-order valence-electron chi connectivity index (χ1n) is 8.40. The molecule has 1 unspecified atom stereocenters. The predicted octanol–water partition coefficient (Wildman–Crippen LogP) is 4.44. The van der Waals surface area contributed by atoms with Gasteiger partial charge in [-0.1, -0.05) is 54.6 Å². The van der Waals surface area contributed by atoms with Crippen LogP contribution in [0.25, 0.3) is 0 Å². The van der Waals surface area contributed by atoms with E-state index < -0.39 is 17.7 Å². The molecule has 3 aromatic carbocycles. The fourth-order valence-corrected chi connectivity index (χ4v) is 3.75. The summed E-state index contributed by atoms with van der Waals surface area (Å²) in [6, 6.07) is 22.7. The normalized spacial score (nSPS) is 15.5. The van der Waals surface area contributed by atoms with Crippen LogP contribution in [0.2, 0.25) is 0 Å². The predicted molar refractivity (Wildman–Crippen MR) is 111 cm³/mol. The van der Waals surface area contributed by atoms with Crippen molar-refractivity contribution in [1.29, 1.82) is 0 Å². The molecule has 0 saturated carbocycles. The molecule has 4 rings (SSSR count). The van der Waals surface area contributed by atoms with E-state index in [2.05, 4.69) is 22.6 Å². The maximum absolute atomic E-state index is 13.2. The molecule has 0 saturated heterocycles. The van der Waals surface area contributed by atoms with Gasteiger partial charge < -0.3 is 0 Å². The lowest BCUT2D eigenvalue weighted by atomic mass is 9.92. The maximum atomic E-state index is 13.2. The lowest BCUT2D eigenvalue weighted by Gasteiger charge is -2.16. The van der Waals surface area contributed by atoms with Crippen LogP contribution in [0.15, 0.2) is 78.9 Å². The Kier molecular flexibility index (Phi) is 4.61. The van der Waals surface area contributed by atoms with Crippen molar-refractivity contribution in [3.63, 3.8) is 0 Å². The molecule has 5 heteroatoms. The van der Waals surface area contributed by atoms with Crippen molar-refractivity contribution in [2.45, 2.75) is 5.92 Å². The summed E-state index contributed by atoms with van der Waals surface area (Å²) in [5.41, 5.74) is 1.91. The number of benzene rings is 3. The molecule has 0 fully saturated rings. The number of amides is 2. The SMILES string of the molecule is O=C(c1ccccc1)C1C(=O)N(C(=O)c2ccccc2)c2cc(I)ccc21. The highest BCUT2D eigenvalue weighted by Gasteiger charge is 2.45. The number of carbonyl (C=O) groups is 3. The minimum atomic E-state index is -1.01. The molecule has 2 amide bonds. The Labute approximate surface area is 170 Å². The number of fused-ring (bicyclic) bond motifs is 1. The van der Waals surface area contributed by atoms with E-state index >= 15 is 0 Å². The van der Waals surface area contributed by atoms with Crippen LogP contribution in [-0.2, 0) is 4.79 Å². The van der Waals surface area contributed by atoms with Gasteiger partial charge in [0.2, 0.25) is 5.91 Å². The van der Waals surface area contributed by atoms with Crippen LogP contribution in [-0.4, -0.2) is 17.6 Å². The van der Waals surface area contributed by atoms with Crippen molar-refractivity contribution in [3.8, 4) is 0 Å². The number of ketones is 1. The monoisotopic (exact) mass is 467 g/mol. The second-order valence-corrected chi connectivity index (χ2v) is 7.46. The fraction of sp³-hybridized carbons (Fsp3) is 0.0455. The van der Waals surface area contributed by atoms with E-state index in [0.29, 0.717) is 22.4 Å². The number of halogens is 1. The zero-order chi connectivity index (χ0) is 19.0. The number of hydrogen-bond acceptors (Lipinski definition) is 3. The number of carbonyl (C=O) groups excluding carboxylic acids is 3. The van der Waals surface area contributed by atoms with Gasteiger partial charge >= 0.3 is 0 Å². The topological polar surface area (TPSA) is 54.5 Å². The first-order valence-corrected chi connectivity index (χ1v) is 9.48. The third-order valence-corrected chi connectivity index (χ3v) is 5.23. The van der Waals surface area contributed by atoms with Crippen molar-refractivity contribution < 1.29 is 14.4 Å². The Morgan fingerprint density at radius 3 is 2.04 bits per heavy atom. The Morgan fingerprint density at radius 2 is 1.41 bits per heavy atom. The lowest BCUT2D eigenvalue weighted by Crippen LogP contribution is -2.36. The van der Waals surface area contributed by atoms with Crippen molar-refractivity contribution in [2.75, 3.05) is 4.90 Å². The summed E-state index contributed by atoms with van der Waals surface area (Å²) in [6.07, 6.45) is 0. The van der Waals surface area contributed by atoms with Gasteiger partial charge in [0.15, 0.2) is 5.78 Å². The average Bonchev–Trinajstić information content (AvgIpc) is 2.99. The molecule has 0 radical (unpaired) electrons. The molecule has 1 aliphatic rings. The van der Waals surface area contributed by atoms with Crippen molar-refractivity contribution in [1.82, 2.24) is 0 Å². The van der Waals surface area contributed by atoms with Crippen LogP contribution >= 0.6 is 22.6 Å². The Bertz CT molecular complexity index is 1050. The van der Waals surface area contributed by atoms with Gasteiger partial charge in [-0.2, -0.15) is 0 Å². The second kappa shape index (κ2) is 7.08. The minimum absolute atomic E-state index is 0.300. The second-order valence-electron chi connectivity index (χ2n) is 6.21. The van der Waals surface area contributed by atoms with Gasteiger partial charge in [0.1, 0.15) is 5.92 Å². The highest BCUT2D eigenvalue weighted by molar-refractivity contribution is 14.1. The fourth-order valence-electron chi connectivity index (χ4n) is 3.28. The van der Waals surface area contributed by atoms with Gasteiger partial charge in [0, 0.05) is 14.7 Å². The largest absolute Gasteiger partial charge is 0.293 e. The maximum Gasteiger partial charge on any atom is 0.265 e. The third kappa shape index (κ3) is 3.08. The van der Waals surface area contributed by atoms with Gasteiger partial charge in [0.05, 0.1) is 5.69 Å². The standard InChI is InChI=1S/C22H14INO3/c23-16-11-12-17-18(13-16)24(21(26)15-9-5-2-6-10-15)22(27)19(17)20(25)14-7-3-1-4-8-14/h1-13,19H. The van der Waals surface area contributed by atoms with E-state index in [4.69, 9.17) is 0 Å². The summed E-state index contributed by atoms with van der Waals surface area (Å²) < 4.78 is 0.887. The molecule has 27 heavy (non-hydrogen) atoms. The number of Topliss-reactive ketones (excluding diaryl/α,β-unsaturated/α-hetero) is 1. The molecule has 132 valence electrons. The molecular weight excluding hydrogens is 453 g/mol. The molecule has 0 spiro atoms. The summed E-state index contributed by atoms with van der Waals surface area (Å²) in [6.45, 7) is 0. The molecular formula is C22H14INO3. The van der Waals surface area contributed by atoms with E-state index in [0.717, 1.165) is 8.47 Å². The third-order valence-electron chi connectivity index (χ3n) is 4.56. The minimum Gasteiger partial charge on any atom is -0.293 e. The Hall–Kier alpha value is -2.80. The number of imide groups is 1. The molecule has 0 aromatic heterocycles. The van der Waals surface area contributed by atoms with Crippen LogP contribution in [0.5, 0.6) is 0 Å². The van der Waals surface area contributed by atoms with Gasteiger partial charge in [0.25, 0.3) is 5.91 Å². The van der Waals surface area contributed by atoms with Crippen LogP contribution < -0.4 is 4.90 Å². The van der Waals surface area contributed by atoms with E-state index in [1.165, 1.54) is 0 Å². The first-order chi connectivity index (χ1) is 13.1.